The van der Waals surface area contributed by atoms with Gasteiger partial charge in [0.2, 0.25) is 0 Å². The summed E-state index contributed by atoms with van der Waals surface area (Å²) in [6.07, 6.45) is 0.740. The third-order valence-corrected chi connectivity index (χ3v) is 5.12. The molecule has 3 aromatic rings. The molecule has 4 N–H and O–H groups in total. The number of fused-ring (bicyclic) bond motifs is 2. The van der Waals surface area contributed by atoms with Crippen molar-refractivity contribution in [2.24, 2.45) is 7.05 Å². The van der Waals surface area contributed by atoms with Gasteiger partial charge in [0.15, 0.2) is 22.5 Å². The molecule has 0 radical (unpaired) electrons. The Bertz CT molecular complexity index is 1070. The SMILES string of the molecule is CCn1c(CNC(=O)c2nc3c(nc2N)NCC3)[n+](C)c2ccc(OC)cc21. The number of hydrogen-bond donors (Lipinski definition) is 3. The summed E-state index contributed by atoms with van der Waals surface area (Å²) in [4.78, 5) is 21.4. The zero-order valence-electron chi connectivity index (χ0n) is 16.2. The number of carbonyl (C=O) groups is 1. The van der Waals surface area contributed by atoms with Crippen LogP contribution in [0.25, 0.3) is 11.0 Å². The molecule has 4 rings (SSSR count). The molecule has 28 heavy (non-hydrogen) atoms. The van der Waals surface area contributed by atoms with Crippen LogP contribution in [-0.4, -0.2) is 34.1 Å². The lowest BCUT2D eigenvalue weighted by molar-refractivity contribution is -0.654. The van der Waals surface area contributed by atoms with Crippen LogP contribution in [0.2, 0.25) is 0 Å². The lowest BCUT2D eigenvalue weighted by Crippen LogP contribution is -2.38. The molecule has 146 valence electrons. The maximum absolute atomic E-state index is 12.7. The number of rotatable bonds is 5. The molecule has 0 spiro atoms. The summed E-state index contributed by atoms with van der Waals surface area (Å²) in [7, 11) is 3.64. The number of aromatic nitrogens is 4. The van der Waals surface area contributed by atoms with Gasteiger partial charge >= 0.3 is 0 Å². The normalized spacial score (nSPS) is 12.7. The van der Waals surface area contributed by atoms with Crippen molar-refractivity contribution in [3.8, 4) is 5.75 Å². The van der Waals surface area contributed by atoms with Gasteiger partial charge in [-0.2, -0.15) is 0 Å². The van der Waals surface area contributed by atoms with E-state index in [1.54, 1.807) is 7.11 Å². The Balaban J connectivity index is 1.62. The number of methoxy groups -OCH3 is 1. The molecular weight excluding hydrogens is 358 g/mol. The molecule has 9 heteroatoms. The number of ether oxygens (including phenoxy) is 1. The first-order chi connectivity index (χ1) is 13.5. The van der Waals surface area contributed by atoms with Gasteiger partial charge in [-0.05, 0) is 19.1 Å². The zero-order chi connectivity index (χ0) is 19.8. The highest BCUT2D eigenvalue weighted by Crippen LogP contribution is 2.22. The number of benzene rings is 1. The van der Waals surface area contributed by atoms with E-state index in [-0.39, 0.29) is 17.4 Å². The molecule has 0 saturated heterocycles. The Morgan fingerprint density at radius 2 is 2.25 bits per heavy atom. The van der Waals surface area contributed by atoms with Crippen molar-refractivity contribution in [2.45, 2.75) is 26.4 Å². The Labute approximate surface area is 162 Å². The summed E-state index contributed by atoms with van der Waals surface area (Å²) < 4.78 is 9.57. The molecule has 1 aromatic carbocycles. The molecule has 2 aromatic heterocycles. The number of anilines is 2. The number of carbonyl (C=O) groups excluding carboxylic acids is 1. The van der Waals surface area contributed by atoms with Gasteiger partial charge in [0.05, 0.1) is 26.4 Å². The standard InChI is InChI=1S/C19H23N7O2/c1-4-26-14-9-11(28-3)5-6-13(14)25(2)15(26)10-22-19(27)16-17(20)24-18-12(23-16)7-8-21-18/h5-6,9H,4,7-8,10H2,1-3H3,(H3-,20,21,22,24,27)/p+1. The lowest BCUT2D eigenvalue weighted by Gasteiger charge is -2.08. The van der Waals surface area contributed by atoms with Gasteiger partial charge in [-0.25, -0.2) is 19.1 Å². The zero-order valence-corrected chi connectivity index (χ0v) is 16.2. The number of nitrogens with one attached hydrogen (secondary N) is 2. The molecule has 0 unspecified atom stereocenters. The molecule has 1 aliphatic heterocycles. The van der Waals surface area contributed by atoms with E-state index in [1.165, 1.54) is 0 Å². The monoisotopic (exact) mass is 382 g/mol. The number of amides is 1. The summed E-state index contributed by atoms with van der Waals surface area (Å²) in [5.74, 6) is 2.24. The summed E-state index contributed by atoms with van der Waals surface area (Å²) in [6, 6.07) is 5.95. The van der Waals surface area contributed by atoms with E-state index in [0.29, 0.717) is 12.4 Å². The van der Waals surface area contributed by atoms with E-state index in [2.05, 4.69) is 36.7 Å². The van der Waals surface area contributed by atoms with Crippen LogP contribution in [0.5, 0.6) is 5.75 Å². The van der Waals surface area contributed by atoms with Gasteiger partial charge in [-0.1, -0.05) is 0 Å². The quantitative estimate of drug-likeness (QED) is 0.562. The van der Waals surface area contributed by atoms with Crippen molar-refractivity contribution in [1.82, 2.24) is 19.9 Å². The Morgan fingerprint density at radius 3 is 3.00 bits per heavy atom. The molecular formula is C19H24N7O2+. The van der Waals surface area contributed by atoms with Crippen LogP contribution in [0.4, 0.5) is 11.6 Å². The first-order valence-electron chi connectivity index (χ1n) is 9.27. The van der Waals surface area contributed by atoms with Crippen molar-refractivity contribution in [1.29, 1.82) is 0 Å². The van der Waals surface area contributed by atoms with E-state index < -0.39 is 0 Å². The Morgan fingerprint density at radius 1 is 1.43 bits per heavy atom. The average Bonchev–Trinajstić information content (AvgIpc) is 3.26. The summed E-state index contributed by atoms with van der Waals surface area (Å²) in [5, 5.41) is 6.05. The van der Waals surface area contributed by atoms with Gasteiger partial charge in [0.1, 0.15) is 18.1 Å². The van der Waals surface area contributed by atoms with Gasteiger partial charge in [0, 0.05) is 19.0 Å². The van der Waals surface area contributed by atoms with E-state index in [4.69, 9.17) is 10.5 Å². The van der Waals surface area contributed by atoms with Crippen molar-refractivity contribution in [2.75, 3.05) is 24.7 Å². The van der Waals surface area contributed by atoms with Gasteiger partial charge in [-0.15, -0.1) is 0 Å². The largest absolute Gasteiger partial charge is 0.497 e. The number of imidazole rings is 1. The van der Waals surface area contributed by atoms with Crippen molar-refractivity contribution in [3.63, 3.8) is 0 Å². The summed E-state index contributed by atoms with van der Waals surface area (Å²) in [5.41, 5.74) is 9.01. The van der Waals surface area contributed by atoms with Crippen LogP contribution in [0.3, 0.4) is 0 Å². The van der Waals surface area contributed by atoms with Crippen molar-refractivity contribution >= 4 is 28.6 Å². The van der Waals surface area contributed by atoms with Crippen molar-refractivity contribution < 1.29 is 14.1 Å². The summed E-state index contributed by atoms with van der Waals surface area (Å²) in [6.45, 7) is 3.94. The third kappa shape index (κ3) is 2.88. The van der Waals surface area contributed by atoms with Crippen LogP contribution >= 0.6 is 0 Å². The molecule has 0 fully saturated rings. The molecule has 0 saturated carbocycles. The van der Waals surface area contributed by atoms with Crippen LogP contribution in [0, 0.1) is 0 Å². The number of nitrogens with two attached hydrogens (primary N) is 1. The topological polar surface area (TPSA) is 111 Å². The molecule has 0 atom stereocenters. The van der Waals surface area contributed by atoms with Crippen LogP contribution in [0.1, 0.15) is 28.9 Å². The minimum Gasteiger partial charge on any atom is -0.497 e. The minimum atomic E-state index is -0.329. The van der Waals surface area contributed by atoms with E-state index in [1.807, 2.05) is 25.2 Å². The molecule has 9 nitrogen and oxygen atoms in total. The third-order valence-electron chi connectivity index (χ3n) is 5.12. The van der Waals surface area contributed by atoms with Gasteiger partial charge in [-0.3, -0.25) is 4.79 Å². The molecule has 1 amide bonds. The first-order valence-corrected chi connectivity index (χ1v) is 9.27. The smallest absolute Gasteiger partial charge is 0.276 e. The highest BCUT2D eigenvalue weighted by Gasteiger charge is 2.25. The fourth-order valence-electron chi connectivity index (χ4n) is 3.66. The highest BCUT2D eigenvalue weighted by molar-refractivity contribution is 5.96. The molecule has 1 aliphatic rings. The predicted molar refractivity (Wildman–Crippen MR) is 105 cm³/mol. The fraction of sp³-hybridized carbons (Fsp3) is 0.368. The van der Waals surface area contributed by atoms with E-state index in [0.717, 1.165) is 47.8 Å². The second-order valence-corrected chi connectivity index (χ2v) is 6.69. The number of aryl methyl sites for hydroxylation is 2. The second-order valence-electron chi connectivity index (χ2n) is 6.69. The number of hydrogen-bond acceptors (Lipinski definition) is 6. The number of nitrogens with zero attached hydrogens (tertiary/aromatic N) is 4. The van der Waals surface area contributed by atoms with Crippen LogP contribution < -0.4 is 25.7 Å². The molecule has 0 bridgehead atoms. The van der Waals surface area contributed by atoms with Crippen LogP contribution in [0.15, 0.2) is 18.2 Å². The van der Waals surface area contributed by atoms with Gasteiger partial charge < -0.3 is 21.1 Å². The highest BCUT2D eigenvalue weighted by atomic mass is 16.5. The van der Waals surface area contributed by atoms with Crippen molar-refractivity contribution in [3.05, 3.63) is 35.4 Å². The molecule has 3 heterocycles. The summed E-state index contributed by atoms with van der Waals surface area (Å²) >= 11 is 0. The predicted octanol–water partition coefficient (Wildman–Crippen LogP) is 0.764. The van der Waals surface area contributed by atoms with E-state index >= 15 is 0 Å². The fourth-order valence-corrected chi connectivity index (χ4v) is 3.66. The Hall–Kier alpha value is -3.36. The van der Waals surface area contributed by atoms with Gasteiger partial charge in [0.25, 0.3) is 11.7 Å². The minimum absolute atomic E-state index is 0.135. The van der Waals surface area contributed by atoms with Crippen LogP contribution in [-0.2, 0) is 26.6 Å². The number of nitrogen functional groups attached to an aromatic ring is 1. The Kier molecular flexibility index (Phi) is 4.50. The maximum Gasteiger partial charge on any atom is 0.276 e. The second kappa shape index (κ2) is 6.99. The average molecular weight is 382 g/mol. The van der Waals surface area contributed by atoms with E-state index in [9.17, 15) is 4.79 Å². The lowest BCUT2D eigenvalue weighted by atomic mass is 10.3. The molecule has 0 aliphatic carbocycles. The first kappa shape index (κ1) is 18.0. The maximum atomic E-state index is 12.7.